The second kappa shape index (κ2) is 8.22. The molecule has 0 saturated carbocycles. The minimum absolute atomic E-state index is 0. The van der Waals surface area contributed by atoms with E-state index in [1.54, 1.807) is 0 Å². The summed E-state index contributed by atoms with van der Waals surface area (Å²) in [6.45, 7) is 0. The topological polar surface area (TPSA) is 181 Å². The van der Waals surface area contributed by atoms with E-state index in [0.717, 1.165) is 0 Å². The van der Waals surface area contributed by atoms with Gasteiger partial charge < -0.3 is 32.6 Å². The number of hydrogen-bond donors (Lipinski definition) is 4. The van der Waals surface area contributed by atoms with Gasteiger partial charge in [-0.3, -0.25) is 0 Å². The fourth-order valence-corrected chi connectivity index (χ4v) is 1.13. The number of hydrogen-bond acceptors (Lipinski definition) is 6. The third-order valence-corrected chi connectivity index (χ3v) is 1.83. The first kappa shape index (κ1) is 18.0. The maximum atomic E-state index is 11.7. The second-order valence-corrected chi connectivity index (χ2v) is 3.34. The number of benzene rings is 1. The summed E-state index contributed by atoms with van der Waals surface area (Å²) in [5.41, 5.74) is 19.8. The van der Waals surface area contributed by atoms with E-state index in [4.69, 9.17) is 22.9 Å². The van der Waals surface area contributed by atoms with Gasteiger partial charge in [-0.1, -0.05) is 12.1 Å². The van der Waals surface area contributed by atoms with Gasteiger partial charge in [-0.15, -0.1) is 12.4 Å². The van der Waals surface area contributed by atoms with Crippen molar-refractivity contribution in [2.75, 3.05) is 0 Å². The van der Waals surface area contributed by atoms with Gasteiger partial charge in [0, 0.05) is 0 Å². The van der Waals surface area contributed by atoms with Crippen LogP contribution in [-0.2, 0) is 9.68 Å². The smallest absolute Gasteiger partial charge is 0.366 e. The molecule has 0 heterocycles. The molecular formula is C10H13ClN6O4. The van der Waals surface area contributed by atoms with Crippen LogP contribution in [-0.4, -0.2) is 23.9 Å². The van der Waals surface area contributed by atoms with Crippen molar-refractivity contribution in [3.8, 4) is 0 Å². The van der Waals surface area contributed by atoms with E-state index in [0.29, 0.717) is 0 Å². The number of guanidine groups is 2. The van der Waals surface area contributed by atoms with Crippen molar-refractivity contribution >= 4 is 36.3 Å². The van der Waals surface area contributed by atoms with Gasteiger partial charge in [-0.2, -0.15) is 0 Å². The molecule has 21 heavy (non-hydrogen) atoms. The van der Waals surface area contributed by atoms with Crippen LogP contribution in [0.1, 0.15) is 20.7 Å². The first-order valence-electron chi connectivity index (χ1n) is 5.11. The Bertz CT molecular complexity index is 530. The van der Waals surface area contributed by atoms with E-state index in [2.05, 4.69) is 20.0 Å². The highest BCUT2D eigenvalue weighted by molar-refractivity contribution is 6.03. The molecule has 0 fully saturated rings. The van der Waals surface area contributed by atoms with Gasteiger partial charge in [0.15, 0.2) is 0 Å². The zero-order chi connectivity index (χ0) is 15.1. The first-order valence-corrected chi connectivity index (χ1v) is 5.11. The van der Waals surface area contributed by atoms with Crippen molar-refractivity contribution in [2.24, 2.45) is 33.2 Å². The van der Waals surface area contributed by atoms with Crippen molar-refractivity contribution in [3.05, 3.63) is 35.4 Å². The third-order valence-electron chi connectivity index (χ3n) is 1.83. The fraction of sp³-hybridized carbons (Fsp3) is 0. The zero-order valence-electron chi connectivity index (χ0n) is 10.6. The Labute approximate surface area is 125 Å². The summed E-state index contributed by atoms with van der Waals surface area (Å²) in [7, 11) is 0. The quantitative estimate of drug-likeness (QED) is 0.231. The molecule has 0 aliphatic heterocycles. The molecule has 0 bridgehead atoms. The van der Waals surface area contributed by atoms with Crippen molar-refractivity contribution in [3.63, 3.8) is 0 Å². The van der Waals surface area contributed by atoms with Gasteiger partial charge in [0.05, 0.1) is 11.1 Å². The standard InChI is InChI=1S/C10H12N6O4.ClH/c11-9(12)15-19-7(17)5-3-1-2-4-6(5)8(18)20-16-10(13)14;/h1-4H,(H4,11,12,15)(H4,13,14,16);1H. The van der Waals surface area contributed by atoms with Gasteiger partial charge in [0.2, 0.25) is 11.9 Å². The number of carbonyl (C=O) groups is 2. The number of rotatable bonds is 4. The highest BCUT2D eigenvalue weighted by atomic mass is 35.5. The first-order chi connectivity index (χ1) is 9.41. The van der Waals surface area contributed by atoms with Crippen molar-refractivity contribution in [1.82, 2.24) is 0 Å². The van der Waals surface area contributed by atoms with Crippen LogP contribution in [0.2, 0.25) is 0 Å². The summed E-state index contributed by atoms with van der Waals surface area (Å²) < 4.78 is 0. The van der Waals surface area contributed by atoms with E-state index in [1.165, 1.54) is 24.3 Å². The SMILES string of the molecule is Cl.NC(N)=NOC(=O)c1ccccc1C(=O)ON=C(N)N. The van der Waals surface area contributed by atoms with E-state index in [1.807, 2.05) is 0 Å². The number of halogens is 1. The molecular weight excluding hydrogens is 304 g/mol. The van der Waals surface area contributed by atoms with Crippen LogP contribution in [0, 0.1) is 0 Å². The molecule has 0 atom stereocenters. The lowest BCUT2D eigenvalue weighted by Crippen LogP contribution is -2.24. The average molecular weight is 317 g/mol. The summed E-state index contributed by atoms with van der Waals surface area (Å²) in [4.78, 5) is 32.2. The monoisotopic (exact) mass is 316 g/mol. The molecule has 0 unspecified atom stereocenters. The van der Waals surface area contributed by atoms with Crippen molar-refractivity contribution in [2.45, 2.75) is 0 Å². The molecule has 10 nitrogen and oxygen atoms in total. The third kappa shape index (κ3) is 5.65. The summed E-state index contributed by atoms with van der Waals surface area (Å²) in [6, 6.07) is 5.64. The van der Waals surface area contributed by atoms with Crippen LogP contribution in [0.3, 0.4) is 0 Å². The average Bonchev–Trinajstić information content (AvgIpc) is 2.42. The minimum Gasteiger partial charge on any atom is -0.367 e. The predicted molar refractivity (Wildman–Crippen MR) is 76.1 cm³/mol. The number of oxime groups is 2. The Balaban J connectivity index is 0.00000400. The summed E-state index contributed by atoms with van der Waals surface area (Å²) in [5, 5.41) is 6.16. The lowest BCUT2D eigenvalue weighted by atomic mass is 10.1. The van der Waals surface area contributed by atoms with Gasteiger partial charge >= 0.3 is 11.9 Å². The van der Waals surface area contributed by atoms with Crippen molar-refractivity contribution in [1.29, 1.82) is 0 Å². The molecule has 1 aromatic carbocycles. The molecule has 8 N–H and O–H groups in total. The lowest BCUT2D eigenvalue weighted by molar-refractivity contribution is 0.0468. The maximum absolute atomic E-state index is 11.7. The van der Waals surface area contributed by atoms with Crippen LogP contribution < -0.4 is 22.9 Å². The molecule has 0 amide bonds. The number of nitrogens with two attached hydrogens (primary N) is 4. The molecule has 0 aliphatic rings. The lowest BCUT2D eigenvalue weighted by Gasteiger charge is -2.04. The van der Waals surface area contributed by atoms with Crippen LogP contribution >= 0.6 is 12.4 Å². The fourth-order valence-electron chi connectivity index (χ4n) is 1.13. The van der Waals surface area contributed by atoms with E-state index < -0.39 is 23.9 Å². The molecule has 0 aliphatic carbocycles. The normalized spacial score (nSPS) is 8.76. The van der Waals surface area contributed by atoms with Crippen molar-refractivity contribution < 1.29 is 19.3 Å². The summed E-state index contributed by atoms with van der Waals surface area (Å²) in [6.07, 6.45) is 0. The Morgan fingerprint density at radius 2 is 1.14 bits per heavy atom. The van der Waals surface area contributed by atoms with Gasteiger partial charge in [0.1, 0.15) is 0 Å². The Hall–Kier alpha value is -3.01. The second-order valence-electron chi connectivity index (χ2n) is 3.34. The highest BCUT2D eigenvalue weighted by Crippen LogP contribution is 2.12. The van der Waals surface area contributed by atoms with Gasteiger partial charge in [-0.25, -0.2) is 9.59 Å². The molecule has 0 spiro atoms. The van der Waals surface area contributed by atoms with E-state index in [-0.39, 0.29) is 23.5 Å². The number of carbonyl (C=O) groups excluding carboxylic acids is 2. The molecule has 11 heteroatoms. The highest BCUT2D eigenvalue weighted by Gasteiger charge is 2.19. The Kier molecular flexibility index (Phi) is 7.04. The molecule has 1 rings (SSSR count). The molecule has 0 saturated heterocycles. The van der Waals surface area contributed by atoms with E-state index >= 15 is 0 Å². The minimum atomic E-state index is -0.948. The van der Waals surface area contributed by atoms with E-state index in [9.17, 15) is 9.59 Å². The van der Waals surface area contributed by atoms with Crippen LogP contribution in [0.25, 0.3) is 0 Å². The molecule has 114 valence electrons. The molecule has 1 aromatic rings. The zero-order valence-corrected chi connectivity index (χ0v) is 11.4. The Morgan fingerprint density at radius 3 is 1.43 bits per heavy atom. The molecule has 0 radical (unpaired) electrons. The largest absolute Gasteiger partial charge is 0.367 e. The van der Waals surface area contributed by atoms with Gasteiger partial charge in [0.25, 0.3) is 0 Å². The van der Waals surface area contributed by atoms with Crippen LogP contribution in [0.5, 0.6) is 0 Å². The maximum Gasteiger partial charge on any atom is 0.366 e. The van der Waals surface area contributed by atoms with Crippen LogP contribution in [0.4, 0.5) is 0 Å². The Morgan fingerprint density at radius 1 is 0.810 bits per heavy atom. The summed E-state index contributed by atoms with van der Waals surface area (Å²) in [5.74, 6) is -2.79. The molecule has 0 aromatic heterocycles. The predicted octanol–water partition coefficient (Wildman–Crippen LogP) is -1.20. The number of nitrogens with zero attached hydrogens (tertiary/aromatic N) is 2. The van der Waals surface area contributed by atoms with Crippen LogP contribution in [0.15, 0.2) is 34.6 Å². The summed E-state index contributed by atoms with van der Waals surface area (Å²) >= 11 is 0. The van der Waals surface area contributed by atoms with Gasteiger partial charge in [-0.05, 0) is 22.4 Å².